The number of hydrogen-bond acceptors (Lipinski definition) is 4. The molecule has 0 bridgehead atoms. The fraction of sp³-hybridized carbons (Fsp3) is 0.214. The van der Waals surface area contributed by atoms with E-state index in [1.807, 2.05) is 40.4 Å². The third kappa shape index (κ3) is 2.59. The Bertz CT molecular complexity index is 708. The number of benzene rings is 1. The first-order chi connectivity index (χ1) is 9.67. The van der Waals surface area contributed by atoms with Crippen molar-refractivity contribution < 1.29 is 4.74 Å². The van der Waals surface area contributed by atoms with Crippen LogP contribution in [0.5, 0.6) is 5.75 Å². The maximum absolute atomic E-state index is 6.30. The molecule has 0 saturated carbocycles. The van der Waals surface area contributed by atoms with Crippen molar-refractivity contribution in [1.82, 2.24) is 9.38 Å². The lowest BCUT2D eigenvalue weighted by Gasteiger charge is -2.15. The first-order valence-corrected chi connectivity index (χ1v) is 7.84. The molecule has 0 amide bonds. The van der Waals surface area contributed by atoms with Crippen LogP contribution in [0, 0.1) is 0 Å². The molecule has 0 fully saturated rings. The van der Waals surface area contributed by atoms with Gasteiger partial charge >= 0.3 is 0 Å². The number of methoxy groups -OCH3 is 1. The van der Waals surface area contributed by atoms with Crippen molar-refractivity contribution in [3.63, 3.8) is 0 Å². The predicted molar refractivity (Wildman–Crippen MR) is 84.4 cm³/mol. The van der Waals surface area contributed by atoms with E-state index in [1.54, 1.807) is 18.4 Å². The Hall–Kier alpha value is -1.37. The molecule has 3 aromatic rings. The maximum atomic E-state index is 6.30. The van der Waals surface area contributed by atoms with Gasteiger partial charge < -0.3 is 10.5 Å². The Labute approximate surface area is 129 Å². The van der Waals surface area contributed by atoms with Crippen LogP contribution in [0.15, 0.2) is 40.4 Å². The SMILES string of the molecule is COc1cc(Br)ccc1C(N)Cc1cn2ccsc2n1. The summed E-state index contributed by atoms with van der Waals surface area (Å²) in [4.78, 5) is 5.56. The molecular weight excluding hydrogens is 338 g/mol. The summed E-state index contributed by atoms with van der Waals surface area (Å²) >= 11 is 5.06. The molecule has 2 N–H and O–H groups in total. The van der Waals surface area contributed by atoms with Crippen LogP contribution in [-0.2, 0) is 6.42 Å². The number of nitrogens with zero attached hydrogens (tertiary/aromatic N) is 2. The van der Waals surface area contributed by atoms with Gasteiger partial charge in [0.25, 0.3) is 0 Å². The highest BCUT2D eigenvalue weighted by Crippen LogP contribution is 2.29. The zero-order valence-electron chi connectivity index (χ0n) is 10.9. The quantitative estimate of drug-likeness (QED) is 0.783. The zero-order chi connectivity index (χ0) is 14.1. The number of rotatable bonds is 4. The van der Waals surface area contributed by atoms with E-state index in [0.29, 0.717) is 6.42 Å². The third-order valence-electron chi connectivity index (χ3n) is 3.17. The van der Waals surface area contributed by atoms with Crippen LogP contribution in [0.1, 0.15) is 17.3 Å². The first-order valence-electron chi connectivity index (χ1n) is 6.17. The molecule has 0 saturated heterocycles. The van der Waals surface area contributed by atoms with E-state index in [0.717, 1.165) is 26.4 Å². The number of halogens is 1. The Morgan fingerprint density at radius 1 is 1.50 bits per heavy atom. The molecule has 0 aliphatic carbocycles. The summed E-state index contributed by atoms with van der Waals surface area (Å²) in [6, 6.07) is 5.76. The van der Waals surface area contributed by atoms with Gasteiger partial charge in [0.1, 0.15) is 5.75 Å². The average Bonchev–Trinajstić information content (AvgIpc) is 2.99. The summed E-state index contributed by atoms with van der Waals surface area (Å²) in [6.45, 7) is 0. The van der Waals surface area contributed by atoms with Crippen LogP contribution >= 0.6 is 27.3 Å². The van der Waals surface area contributed by atoms with Gasteiger partial charge in [-0.3, -0.25) is 4.40 Å². The van der Waals surface area contributed by atoms with Gasteiger partial charge in [0.2, 0.25) is 0 Å². The Morgan fingerprint density at radius 3 is 3.10 bits per heavy atom. The molecule has 104 valence electrons. The number of fused-ring (bicyclic) bond motifs is 1. The number of hydrogen-bond donors (Lipinski definition) is 1. The summed E-state index contributed by atoms with van der Waals surface area (Å²) in [7, 11) is 1.66. The molecule has 1 atom stereocenters. The lowest BCUT2D eigenvalue weighted by atomic mass is 10.0. The Morgan fingerprint density at radius 2 is 2.35 bits per heavy atom. The van der Waals surface area contributed by atoms with Gasteiger partial charge in [-0.15, -0.1) is 11.3 Å². The maximum Gasteiger partial charge on any atom is 0.193 e. The van der Waals surface area contributed by atoms with Gasteiger partial charge in [0, 0.05) is 40.3 Å². The fourth-order valence-electron chi connectivity index (χ4n) is 2.20. The van der Waals surface area contributed by atoms with Gasteiger partial charge in [-0.2, -0.15) is 0 Å². The van der Waals surface area contributed by atoms with Gasteiger partial charge in [0.05, 0.1) is 12.8 Å². The Balaban J connectivity index is 1.85. The normalized spacial score (nSPS) is 12.8. The number of aromatic nitrogens is 2. The van der Waals surface area contributed by atoms with Crippen LogP contribution in [0.3, 0.4) is 0 Å². The minimum absolute atomic E-state index is 0.136. The summed E-state index contributed by atoms with van der Waals surface area (Å²) in [5, 5.41) is 2.02. The molecule has 4 nitrogen and oxygen atoms in total. The second kappa shape index (κ2) is 5.55. The monoisotopic (exact) mass is 351 g/mol. The van der Waals surface area contributed by atoms with Gasteiger partial charge in [-0.1, -0.05) is 22.0 Å². The van der Waals surface area contributed by atoms with Crippen molar-refractivity contribution in [3.05, 3.63) is 51.7 Å². The van der Waals surface area contributed by atoms with Crippen LogP contribution in [0.2, 0.25) is 0 Å². The molecule has 1 aromatic carbocycles. The first kappa shape index (κ1) is 13.6. The molecule has 1 unspecified atom stereocenters. The van der Waals surface area contributed by atoms with Crippen molar-refractivity contribution in [1.29, 1.82) is 0 Å². The summed E-state index contributed by atoms with van der Waals surface area (Å²) in [6.07, 6.45) is 4.71. The highest BCUT2D eigenvalue weighted by molar-refractivity contribution is 9.10. The minimum Gasteiger partial charge on any atom is -0.496 e. The Kier molecular flexibility index (Phi) is 3.78. The van der Waals surface area contributed by atoms with E-state index in [9.17, 15) is 0 Å². The van der Waals surface area contributed by atoms with Gasteiger partial charge in [0.15, 0.2) is 4.96 Å². The molecule has 0 radical (unpaired) electrons. The average molecular weight is 352 g/mol. The summed E-state index contributed by atoms with van der Waals surface area (Å²) in [5.41, 5.74) is 8.29. The molecule has 0 aliphatic rings. The lowest BCUT2D eigenvalue weighted by molar-refractivity contribution is 0.405. The second-order valence-electron chi connectivity index (χ2n) is 4.52. The molecule has 3 rings (SSSR count). The molecule has 0 aliphatic heterocycles. The molecule has 2 aromatic heterocycles. The van der Waals surface area contributed by atoms with E-state index >= 15 is 0 Å². The zero-order valence-corrected chi connectivity index (χ0v) is 13.3. The smallest absolute Gasteiger partial charge is 0.193 e. The van der Waals surface area contributed by atoms with E-state index < -0.39 is 0 Å². The van der Waals surface area contributed by atoms with Crippen molar-refractivity contribution in [3.8, 4) is 5.75 Å². The second-order valence-corrected chi connectivity index (χ2v) is 6.31. The summed E-state index contributed by atoms with van der Waals surface area (Å²) in [5.74, 6) is 0.799. The molecule has 6 heteroatoms. The van der Waals surface area contributed by atoms with Gasteiger partial charge in [-0.25, -0.2) is 4.98 Å². The molecular formula is C14H14BrN3OS. The van der Waals surface area contributed by atoms with E-state index in [-0.39, 0.29) is 6.04 Å². The standard InChI is InChI=1S/C14H14BrN3OS/c1-19-13-6-9(15)2-3-11(13)12(16)7-10-8-18-4-5-20-14(18)17-10/h2-6,8,12H,7,16H2,1H3. The number of ether oxygens (including phenoxy) is 1. The summed E-state index contributed by atoms with van der Waals surface area (Å²) < 4.78 is 8.39. The number of nitrogens with two attached hydrogens (primary N) is 1. The van der Waals surface area contributed by atoms with Gasteiger partial charge in [-0.05, 0) is 12.1 Å². The number of thiazole rings is 1. The van der Waals surface area contributed by atoms with Crippen molar-refractivity contribution in [2.24, 2.45) is 5.73 Å². The van der Waals surface area contributed by atoms with E-state index in [4.69, 9.17) is 10.5 Å². The van der Waals surface area contributed by atoms with Crippen LogP contribution in [-0.4, -0.2) is 16.5 Å². The largest absolute Gasteiger partial charge is 0.496 e. The van der Waals surface area contributed by atoms with E-state index in [1.165, 1.54) is 0 Å². The highest BCUT2D eigenvalue weighted by Gasteiger charge is 2.15. The van der Waals surface area contributed by atoms with Crippen molar-refractivity contribution >= 4 is 32.2 Å². The lowest BCUT2D eigenvalue weighted by Crippen LogP contribution is -2.14. The number of imidazole rings is 1. The van der Waals surface area contributed by atoms with E-state index in [2.05, 4.69) is 20.9 Å². The topological polar surface area (TPSA) is 52.5 Å². The molecule has 0 spiro atoms. The highest BCUT2D eigenvalue weighted by atomic mass is 79.9. The van der Waals surface area contributed by atoms with Crippen molar-refractivity contribution in [2.75, 3.05) is 7.11 Å². The third-order valence-corrected chi connectivity index (χ3v) is 4.43. The van der Waals surface area contributed by atoms with Crippen LogP contribution in [0.4, 0.5) is 0 Å². The van der Waals surface area contributed by atoms with Crippen molar-refractivity contribution in [2.45, 2.75) is 12.5 Å². The fourth-order valence-corrected chi connectivity index (χ4v) is 3.26. The minimum atomic E-state index is -0.136. The van der Waals surface area contributed by atoms with Crippen LogP contribution < -0.4 is 10.5 Å². The molecule has 2 heterocycles. The molecule has 20 heavy (non-hydrogen) atoms. The predicted octanol–water partition coefficient (Wildman–Crippen LogP) is 3.41. The van der Waals surface area contributed by atoms with Crippen LogP contribution in [0.25, 0.3) is 4.96 Å².